The molecule has 0 aromatic heterocycles. The highest BCUT2D eigenvalue weighted by molar-refractivity contribution is 7.89. The monoisotopic (exact) mass is 672 g/mol. The minimum absolute atomic E-state index is 0.0915. The predicted molar refractivity (Wildman–Crippen MR) is 182 cm³/mol. The van der Waals surface area contributed by atoms with Crippen LogP contribution in [0.1, 0.15) is 82.5 Å². The van der Waals surface area contributed by atoms with Crippen LogP contribution in [-0.4, -0.2) is 92.3 Å². The second-order valence-corrected chi connectivity index (χ2v) is 15.1. The molecule has 0 bridgehead atoms. The number of anilines is 1. The van der Waals surface area contributed by atoms with Crippen LogP contribution in [0.4, 0.5) is 10.5 Å². The van der Waals surface area contributed by atoms with Crippen molar-refractivity contribution in [2.75, 3.05) is 38.7 Å². The van der Waals surface area contributed by atoms with Crippen LogP contribution in [0, 0.1) is 5.92 Å². The zero-order valence-corrected chi connectivity index (χ0v) is 29.0. The van der Waals surface area contributed by atoms with E-state index in [0.29, 0.717) is 18.0 Å². The maximum atomic E-state index is 14.3. The van der Waals surface area contributed by atoms with E-state index in [2.05, 4.69) is 10.6 Å². The van der Waals surface area contributed by atoms with Gasteiger partial charge in [0.05, 0.1) is 35.3 Å². The van der Waals surface area contributed by atoms with Crippen LogP contribution in [0.5, 0.6) is 5.75 Å². The van der Waals surface area contributed by atoms with Crippen molar-refractivity contribution in [3.63, 3.8) is 0 Å². The zero-order valence-electron chi connectivity index (χ0n) is 28.2. The summed E-state index contributed by atoms with van der Waals surface area (Å²) in [5.74, 6) is -0.254. The number of hydrogen-bond donors (Lipinski definition) is 3. The highest BCUT2D eigenvalue weighted by Crippen LogP contribution is 2.29. The highest BCUT2D eigenvalue weighted by atomic mass is 32.2. The highest BCUT2D eigenvalue weighted by Gasteiger charge is 2.32. The molecule has 3 amide bonds. The van der Waals surface area contributed by atoms with Crippen LogP contribution in [0.2, 0.25) is 0 Å². The first kappa shape index (κ1) is 36.6. The number of urea groups is 1. The Labute approximate surface area is 280 Å². The van der Waals surface area contributed by atoms with Gasteiger partial charge >= 0.3 is 6.03 Å². The van der Waals surface area contributed by atoms with E-state index in [4.69, 9.17) is 9.47 Å². The van der Waals surface area contributed by atoms with Crippen LogP contribution < -0.4 is 15.4 Å². The molecule has 12 heteroatoms. The maximum absolute atomic E-state index is 14.3. The Bertz CT molecular complexity index is 1420. The molecule has 0 saturated heterocycles. The molecular weight excluding hydrogens is 620 g/mol. The van der Waals surface area contributed by atoms with Gasteiger partial charge in [-0.2, -0.15) is 4.31 Å². The van der Waals surface area contributed by atoms with Crippen molar-refractivity contribution < 1.29 is 32.6 Å². The summed E-state index contributed by atoms with van der Waals surface area (Å²) in [7, 11) is -2.22. The summed E-state index contributed by atoms with van der Waals surface area (Å²) in [6.07, 6.45) is 6.85. The molecule has 2 aromatic carbocycles. The minimum Gasteiger partial charge on any atom is -0.490 e. The average Bonchev–Trinajstić information content (AvgIpc) is 3.06. The molecule has 1 aliphatic carbocycles. The van der Waals surface area contributed by atoms with Gasteiger partial charge in [-0.3, -0.25) is 4.79 Å². The van der Waals surface area contributed by atoms with E-state index >= 15 is 0 Å². The standard InChI is InChI=1S/C35H52N4O7S/c1-25-22-39(26(2)24-40)34(41)31-21-29(37-35(42)36-28-14-7-5-8-15-28)18-19-32(31)46-27(3)13-11-12-20-45-33(25)23-38(4)47(43,44)30-16-9-6-10-17-30/h6,9-10,16-19,21,25-28,33,40H,5,7-8,11-15,20,22-24H2,1-4H3,(H2,36,37,42)/t25-,26-,27+,33+/m0/s1. The van der Waals surface area contributed by atoms with Gasteiger partial charge in [-0.25, -0.2) is 13.2 Å². The quantitative estimate of drug-likeness (QED) is 0.348. The molecule has 0 radical (unpaired) electrons. The lowest BCUT2D eigenvalue weighted by atomic mass is 9.96. The number of likely N-dealkylation sites (N-methyl/N-ethyl adjacent to an activating group) is 1. The summed E-state index contributed by atoms with van der Waals surface area (Å²) in [4.78, 5) is 29.0. The molecule has 1 heterocycles. The number of ether oxygens (including phenoxy) is 2. The molecule has 0 unspecified atom stereocenters. The molecule has 4 atom stereocenters. The number of aliphatic hydroxyl groups is 1. The number of aliphatic hydroxyl groups excluding tert-OH is 1. The van der Waals surface area contributed by atoms with Crippen molar-refractivity contribution in [2.24, 2.45) is 5.92 Å². The van der Waals surface area contributed by atoms with Gasteiger partial charge in [0.1, 0.15) is 5.75 Å². The van der Waals surface area contributed by atoms with E-state index in [1.54, 1.807) is 60.4 Å². The molecule has 47 heavy (non-hydrogen) atoms. The number of hydrogen-bond acceptors (Lipinski definition) is 7. The lowest BCUT2D eigenvalue weighted by Gasteiger charge is -2.35. The van der Waals surface area contributed by atoms with Gasteiger partial charge < -0.3 is 30.1 Å². The van der Waals surface area contributed by atoms with Crippen molar-refractivity contribution in [1.29, 1.82) is 0 Å². The van der Waals surface area contributed by atoms with Crippen LogP contribution in [-0.2, 0) is 14.8 Å². The minimum atomic E-state index is -3.76. The number of amides is 3. The number of nitrogens with zero attached hydrogens (tertiary/aromatic N) is 2. The first-order chi connectivity index (χ1) is 22.5. The second kappa shape index (κ2) is 17.3. The van der Waals surface area contributed by atoms with E-state index in [1.165, 1.54) is 17.8 Å². The Morgan fingerprint density at radius 1 is 1.04 bits per heavy atom. The van der Waals surface area contributed by atoms with Crippen molar-refractivity contribution >= 4 is 27.6 Å². The fourth-order valence-corrected chi connectivity index (χ4v) is 7.39. The Morgan fingerprint density at radius 2 is 1.74 bits per heavy atom. The number of benzene rings is 2. The Morgan fingerprint density at radius 3 is 2.45 bits per heavy atom. The van der Waals surface area contributed by atoms with Gasteiger partial charge in [0.2, 0.25) is 10.0 Å². The Balaban J connectivity index is 1.60. The van der Waals surface area contributed by atoms with Crippen LogP contribution in [0.15, 0.2) is 53.4 Å². The lowest BCUT2D eigenvalue weighted by Crippen LogP contribution is -2.48. The molecule has 1 fully saturated rings. The zero-order chi connectivity index (χ0) is 34.0. The van der Waals surface area contributed by atoms with Crippen LogP contribution in [0.25, 0.3) is 0 Å². The van der Waals surface area contributed by atoms with E-state index in [1.807, 2.05) is 13.8 Å². The van der Waals surface area contributed by atoms with Crippen LogP contribution >= 0.6 is 0 Å². The average molecular weight is 673 g/mol. The number of carbonyl (C=O) groups excluding carboxylic acids is 2. The second-order valence-electron chi connectivity index (χ2n) is 13.0. The van der Waals surface area contributed by atoms with Crippen LogP contribution in [0.3, 0.4) is 0 Å². The normalized spacial score (nSPS) is 22.9. The van der Waals surface area contributed by atoms with Gasteiger partial charge in [-0.15, -0.1) is 0 Å². The summed E-state index contributed by atoms with van der Waals surface area (Å²) >= 11 is 0. The molecule has 2 aliphatic rings. The van der Waals surface area contributed by atoms with Crippen molar-refractivity contribution in [2.45, 2.75) is 101 Å². The number of carbonyl (C=O) groups is 2. The third-order valence-electron chi connectivity index (χ3n) is 9.14. The lowest BCUT2D eigenvalue weighted by molar-refractivity contribution is -0.00833. The molecule has 3 N–H and O–H groups in total. The van der Waals surface area contributed by atoms with Gasteiger partial charge in [-0.05, 0) is 76.3 Å². The topological polar surface area (TPSA) is 138 Å². The number of fused-ring (bicyclic) bond motifs is 1. The molecule has 1 aliphatic heterocycles. The molecule has 0 spiro atoms. The van der Waals surface area contributed by atoms with Gasteiger partial charge in [0.25, 0.3) is 5.91 Å². The number of sulfonamides is 1. The molecular formula is C35H52N4O7S. The van der Waals surface area contributed by atoms with E-state index in [-0.39, 0.29) is 60.2 Å². The largest absolute Gasteiger partial charge is 0.490 e. The van der Waals surface area contributed by atoms with Gasteiger partial charge in [0, 0.05) is 44.4 Å². The first-order valence-corrected chi connectivity index (χ1v) is 18.4. The maximum Gasteiger partial charge on any atom is 0.319 e. The Hall–Kier alpha value is -3.19. The summed E-state index contributed by atoms with van der Waals surface area (Å²) in [6, 6.07) is 12.6. The molecule has 260 valence electrons. The molecule has 1 saturated carbocycles. The summed E-state index contributed by atoms with van der Waals surface area (Å²) in [5.41, 5.74) is 0.736. The number of nitrogens with one attached hydrogen (secondary N) is 2. The van der Waals surface area contributed by atoms with Crippen molar-refractivity contribution in [3.8, 4) is 5.75 Å². The fourth-order valence-electron chi connectivity index (χ4n) is 6.19. The van der Waals surface area contributed by atoms with Gasteiger partial charge in [0.15, 0.2) is 0 Å². The fraction of sp³-hybridized carbons (Fsp3) is 0.600. The van der Waals surface area contributed by atoms with E-state index < -0.39 is 22.2 Å². The van der Waals surface area contributed by atoms with Gasteiger partial charge in [-0.1, -0.05) is 44.4 Å². The van der Waals surface area contributed by atoms with E-state index in [9.17, 15) is 23.1 Å². The Kier molecular flexibility index (Phi) is 13.5. The molecule has 4 rings (SSSR count). The SMILES string of the molecule is C[C@@H]1CCCCO[C@H](CN(C)S(=O)(=O)c2ccccc2)[C@@H](C)CN([C@@H](C)CO)C(=O)c2cc(NC(=O)NC3CCCCC3)ccc2O1. The summed E-state index contributed by atoms with van der Waals surface area (Å²) < 4.78 is 40.6. The number of rotatable bonds is 8. The summed E-state index contributed by atoms with van der Waals surface area (Å²) in [5, 5.41) is 16.2. The third kappa shape index (κ3) is 10.2. The molecule has 2 aromatic rings. The smallest absolute Gasteiger partial charge is 0.319 e. The first-order valence-electron chi connectivity index (χ1n) is 16.9. The molecule has 11 nitrogen and oxygen atoms in total. The van der Waals surface area contributed by atoms with Crippen molar-refractivity contribution in [1.82, 2.24) is 14.5 Å². The van der Waals surface area contributed by atoms with E-state index in [0.717, 1.165) is 44.9 Å². The summed E-state index contributed by atoms with van der Waals surface area (Å²) in [6.45, 7) is 6.08. The third-order valence-corrected chi connectivity index (χ3v) is 11.0. The predicted octanol–water partition coefficient (Wildman–Crippen LogP) is 5.26. The van der Waals surface area contributed by atoms with Crippen molar-refractivity contribution in [3.05, 3.63) is 54.1 Å².